The molecule has 2 aromatic carbocycles. The lowest BCUT2D eigenvalue weighted by Gasteiger charge is -2.13. The highest BCUT2D eigenvalue weighted by Gasteiger charge is 2.13. The van der Waals surface area contributed by atoms with Crippen LogP contribution < -0.4 is 32.4 Å². The van der Waals surface area contributed by atoms with Gasteiger partial charge in [-0.15, -0.1) is 24.8 Å². The summed E-state index contributed by atoms with van der Waals surface area (Å²) in [7, 11) is 3.19. The molecule has 3 heterocycles. The minimum atomic E-state index is 0. The van der Waals surface area contributed by atoms with Crippen LogP contribution in [-0.2, 0) is 6.42 Å². The molecule has 3 aromatic heterocycles. The van der Waals surface area contributed by atoms with E-state index in [2.05, 4.69) is 19.9 Å². The molecule has 0 aliphatic rings. The first-order valence-electron chi connectivity index (χ1n) is 10.7. The second kappa shape index (κ2) is 12.6. The van der Waals surface area contributed by atoms with Gasteiger partial charge in [0, 0.05) is 41.3 Å². The first-order valence-corrected chi connectivity index (χ1v) is 10.7. The number of aromatic nitrogens is 4. The molecule has 5 aromatic rings. The van der Waals surface area contributed by atoms with Crippen LogP contribution in [-0.4, -0.2) is 34.2 Å². The second-order valence-corrected chi connectivity index (χ2v) is 7.62. The van der Waals surface area contributed by atoms with E-state index >= 15 is 0 Å². The predicted octanol–water partition coefficient (Wildman–Crippen LogP) is 4.04. The number of fused-ring (bicyclic) bond motifs is 2. The Bertz CT molecular complexity index is 1520. The first-order chi connectivity index (χ1) is 16.9. The quantitative estimate of drug-likeness (QED) is 0.242. The maximum absolute atomic E-state index is 6.11. The van der Waals surface area contributed by atoms with E-state index in [1.807, 2.05) is 42.5 Å². The van der Waals surface area contributed by atoms with Crippen LogP contribution in [0.2, 0.25) is 0 Å². The van der Waals surface area contributed by atoms with E-state index in [1.54, 1.807) is 32.8 Å². The molecule has 0 saturated carbocycles. The second-order valence-electron chi connectivity index (χ2n) is 7.62. The monoisotopic (exact) mass is 542 g/mol. The average molecular weight is 543 g/mol. The van der Waals surface area contributed by atoms with Crippen molar-refractivity contribution >= 4 is 69.8 Å². The van der Waals surface area contributed by atoms with Crippen LogP contribution in [0.3, 0.4) is 0 Å². The standard InChI is InChI=1S/C15H16N6O.C10H10N2O.2ClH/c1-22-11-6-8(5-9-7-20-15(18)21-14(9)17)13-10(12(11)16)3-2-4-19-13;1-13-9-5-4-8-7(10(9)11)3-2-6-12-8;;/h2-4,6-7H,5,16H2,1H3,(H4,17,18,20,21);2-6H,11H2,1H3;2*1H. The van der Waals surface area contributed by atoms with Crippen molar-refractivity contribution < 1.29 is 9.47 Å². The number of nitrogen functional groups attached to an aromatic ring is 4. The Morgan fingerprint density at radius 2 is 1.38 bits per heavy atom. The van der Waals surface area contributed by atoms with Crippen molar-refractivity contribution in [3.8, 4) is 11.5 Å². The van der Waals surface area contributed by atoms with Gasteiger partial charge in [0.1, 0.15) is 17.3 Å². The molecule has 0 radical (unpaired) electrons. The Morgan fingerprint density at radius 3 is 2.05 bits per heavy atom. The Balaban J connectivity index is 0.000000277. The van der Waals surface area contributed by atoms with Crippen LogP contribution in [0, 0.1) is 0 Å². The number of halogens is 2. The average Bonchev–Trinajstić information content (AvgIpc) is 2.88. The van der Waals surface area contributed by atoms with Crippen LogP contribution in [0.25, 0.3) is 21.8 Å². The van der Waals surface area contributed by atoms with Crippen molar-refractivity contribution in [3.05, 3.63) is 72.2 Å². The van der Waals surface area contributed by atoms with Gasteiger partial charge in [-0.25, -0.2) is 4.98 Å². The van der Waals surface area contributed by atoms with Crippen molar-refractivity contribution in [2.75, 3.05) is 37.2 Å². The molecule has 0 bridgehead atoms. The zero-order valence-corrected chi connectivity index (χ0v) is 21.8. The van der Waals surface area contributed by atoms with Crippen molar-refractivity contribution in [1.29, 1.82) is 0 Å². The highest BCUT2D eigenvalue weighted by molar-refractivity contribution is 5.96. The predicted molar refractivity (Wildman–Crippen MR) is 154 cm³/mol. The molecule has 0 spiro atoms. The lowest BCUT2D eigenvalue weighted by molar-refractivity contribution is 0.417. The van der Waals surface area contributed by atoms with Crippen molar-refractivity contribution in [2.45, 2.75) is 6.42 Å². The molecule has 0 saturated heterocycles. The highest BCUT2D eigenvalue weighted by atomic mass is 35.5. The van der Waals surface area contributed by atoms with Gasteiger partial charge in [-0.1, -0.05) is 0 Å². The Morgan fingerprint density at radius 1 is 0.730 bits per heavy atom. The smallest absolute Gasteiger partial charge is 0.221 e. The maximum atomic E-state index is 6.11. The summed E-state index contributed by atoms with van der Waals surface area (Å²) in [4.78, 5) is 16.6. The van der Waals surface area contributed by atoms with Crippen molar-refractivity contribution in [3.63, 3.8) is 0 Å². The van der Waals surface area contributed by atoms with Gasteiger partial charge in [-0.2, -0.15) is 4.98 Å². The molecule has 5 rings (SSSR count). The lowest BCUT2D eigenvalue weighted by atomic mass is 10.0. The molecule has 12 heteroatoms. The summed E-state index contributed by atoms with van der Waals surface area (Å²) in [6, 6.07) is 13.1. The van der Waals surface area contributed by atoms with Gasteiger partial charge in [0.25, 0.3) is 0 Å². The normalized spacial score (nSPS) is 10.0. The molecule has 0 fully saturated rings. The molecule has 194 valence electrons. The molecule has 0 atom stereocenters. The van der Waals surface area contributed by atoms with Crippen LogP contribution in [0.4, 0.5) is 23.1 Å². The van der Waals surface area contributed by atoms with Crippen LogP contribution in [0.1, 0.15) is 11.1 Å². The first kappa shape index (κ1) is 29.0. The number of hydrogen-bond donors (Lipinski definition) is 4. The molecule has 0 amide bonds. The number of anilines is 4. The van der Waals surface area contributed by atoms with Crippen molar-refractivity contribution in [1.82, 2.24) is 19.9 Å². The third kappa shape index (κ3) is 6.11. The fourth-order valence-electron chi connectivity index (χ4n) is 3.73. The molecular formula is C25H28Cl2N8O2. The van der Waals surface area contributed by atoms with E-state index in [-0.39, 0.29) is 30.8 Å². The number of nitrogens with two attached hydrogens (primary N) is 4. The molecule has 0 aliphatic carbocycles. The van der Waals surface area contributed by atoms with Gasteiger partial charge in [0.2, 0.25) is 5.95 Å². The summed E-state index contributed by atoms with van der Waals surface area (Å²) < 4.78 is 10.4. The Kier molecular flexibility index (Phi) is 9.87. The number of rotatable bonds is 4. The number of nitrogens with zero attached hydrogens (tertiary/aromatic N) is 4. The zero-order chi connectivity index (χ0) is 24.9. The van der Waals surface area contributed by atoms with E-state index in [0.29, 0.717) is 35.1 Å². The SMILES string of the molecule is COc1cc(Cc2cnc(N)nc2N)c2ncccc2c1N.COc1ccc2ncccc2c1N.Cl.Cl. The van der Waals surface area contributed by atoms with Gasteiger partial charge in [0.05, 0.1) is 36.6 Å². The van der Waals surface area contributed by atoms with Gasteiger partial charge in [-0.05, 0) is 48.0 Å². The van der Waals surface area contributed by atoms with Gasteiger partial charge >= 0.3 is 0 Å². The highest BCUT2D eigenvalue weighted by Crippen LogP contribution is 2.34. The van der Waals surface area contributed by atoms with Gasteiger partial charge in [0.15, 0.2) is 0 Å². The lowest BCUT2D eigenvalue weighted by Crippen LogP contribution is -2.05. The summed E-state index contributed by atoms with van der Waals surface area (Å²) >= 11 is 0. The fourth-order valence-corrected chi connectivity index (χ4v) is 3.73. The summed E-state index contributed by atoms with van der Waals surface area (Å²) in [6.45, 7) is 0. The van der Waals surface area contributed by atoms with Gasteiger partial charge < -0.3 is 32.4 Å². The molecular weight excluding hydrogens is 515 g/mol. The summed E-state index contributed by atoms with van der Waals surface area (Å²) in [5.74, 6) is 1.80. The van der Waals surface area contributed by atoms with Crippen molar-refractivity contribution in [2.24, 2.45) is 0 Å². The number of ether oxygens (including phenoxy) is 2. The molecule has 37 heavy (non-hydrogen) atoms. The van der Waals surface area contributed by atoms with Gasteiger partial charge in [-0.3, -0.25) is 9.97 Å². The Labute approximate surface area is 226 Å². The van der Waals surface area contributed by atoms with E-state index < -0.39 is 0 Å². The Hall–Kier alpha value is -4.28. The van der Waals surface area contributed by atoms with Crippen LogP contribution in [0.5, 0.6) is 11.5 Å². The number of benzene rings is 2. The minimum Gasteiger partial charge on any atom is -0.495 e. The molecule has 10 nitrogen and oxygen atoms in total. The third-order valence-corrected chi connectivity index (χ3v) is 5.50. The van der Waals surface area contributed by atoms with E-state index in [9.17, 15) is 0 Å². The zero-order valence-electron chi connectivity index (χ0n) is 20.2. The summed E-state index contributed by atoms with van der Waals surface area (Å²) in [5.41, 5.74) is 28.0. The number of hydrogen-bond acceptors (Lipinski definition) is 10. The largest absolute Gasteiger partial charge is 0.495 e. The summed E-state index contributed by atoms with van der Waals surface area (Å²) in [6.07, 6.45) is 5.60. The van der Waals surface area contributed by atoms with Crippen LogP contribution in [0.15, 0.2) is 61.1 Å². The van der Waals surface area contributed by atoms with E-state index in [1.165, 1.54) is 0 Å². The minimum absolute atomic E-state index is 0. The topological polar surface area (TPSA) is 174 Å². The van der Waals surface area contributed by atoms with E-state index in [4.69, 9.17) is 32.4 Å². The third-order valence-electron chi connectivity index (χ3n) is 5.50. The number of pyridine rings is 2. The number of methoxy groups -OCH3 is 2. The fraction of sp³-hybridized carbons (Fsp3) is 0.120. The molecule has 8 N–H and O–H groups in total. The van der Waals surface area contributed by atoms with Crippen LogP contribution >= 0.6 is 24.8 Å². The van der Waals surface area contributed by atoms with E-state index in [0.717, 1.165) is 32.9 Å². The molecule has 0 aliphatic heterocycles. The maximum Gasteiger partial charge on any atom is 0.221 e. The molecule has 0 unspecified atom stereocenters. The summed E-state index contributed by atoms with van der Waals surface area (Å²) in [5, 5.41) is 1.77.